The molecule has 2 aromatic rings. The second-order valence-corrected chi connectivity index (χ2v) is 5.55. The summed E-state index contributed by atoms with van der Waals surface area (Å²) in [6, 6.07) is 11.1. The Labute approximate surface area is 148 Å². The number of hydrogen-bond acceptors (Lipinski definition) is 4. The van der Waals surface area contributed by atoms with Crippen LogP contribution in [0.3, 0.4) is 0 Å². The maximum Gasteiger partial charge on any atom is 0.266 e. The molecule has 0 aliphatic heterocycles. The molecule has 0 fully saturated rings. The van der Waals surface area contributed by atoms with Crippen LogP contribution in [0.4, 0.5) is 5.69 Å². The zero-order valence-corrected chi connectivity index (χ0v) is 14.0. The Bertz CT molecular complexity index is 840. The predicted octanol–water partition coefficient (Wildman–Crippen LogP) is 4.25. The second kappa shape index (κ2) is 7.73. The molecule has 5 nitrogen and oxygen atoms in total. The maximum atomic E-state index is 12.2. The van der Waals surface area contributed by atoms with Crippen molar-refractivity contribution in [3.63, 3.8) is 0 Å². The van der Waals surface area contributed by atoms with E-state index in [9.17, 15) is 15.2 Å². The monoisotopic (exact) mass is 362 g/mol. The molecule has 0 aromatic heterocycles. The van der Waals surface area contributed by atoms with E-state index in [1.807, 2.05) is 0 Å². The molecular formula is C17H12Cl2N2O3. The fourth-order valence-electron chi connectivity index (χ4n) is 1.90. The molecule has 7 heteroatoms. The Balaban J connectivity index is 2.32. The number of hydrogen-bond donors (Lipinski definition) is 2. The number of anilines is 1. The highest BCUT2D eigenvalue weighted by molar-refractivity contribution is 6.31. The molecule has 122 valence electrons. The first-order valence-corrected chi connectivity index (χ1v) is 7.45. The van der Waals surface area contributed by atoms with Gasteiger partial charge in [-0.3, -0.25) is 4.79 Å². The minimum atomic E-state index is -0.627. The van der Waals surface area contributed by atoms with Gasteiger partial charge in [-0.05, 0) is 36.4 Å². The van der Waals surface area contributed by atoms with Crippen LogP contribution in [0.25, 0.3) is 6.08 Å². The molecule has 2 aromatic carbocycles. The topological polar surface area (TPSA) is 82.3 Å². The van der Waals surface area contributed by atoms with Gasteiger partial charge in [-0.1, -0.05) is 23.2 Å². The molecule has 0 bridgehead atoms. The molecule has 0 saturated heterocycles. The van der Waals surface area contributed by atoms with E-state index in [1.54, 1.807) is 30.3 Å². The molecule has 0 heterocycles. The molecule has 24 heavy (non-hydrogen) atoms. The summed E-state index contributed by atoms with van der Waals surface area (Å²) in [5, 5.41) is 22.7. The Morgan fingerprint density at radius 2 is 1.92 bits per heavy atom. The van der Waals surface area contributed by atoms with Crippen LogP contribution in [-0.4, -0.2) is 18.1 Å². The Kier molecular flexibility index (Phi) is 5.69. The van der Waals surface area contributed by atoms with Crippen LogP contribution >= 0.6 is 23.2 Å². The molecule has 0 unspecified atom stereocenters. The van der Waals surface area contributed by atoms with Gasteiger partial charge in [0.05, 0.1) is 7.11 Å². The van der Waals surface area contributed by atoms with E-state index in [4.69, 9.17) is 27.9 Å². The van der Waals surface area contributed by atoms with Crippen molar-refractivity contribution in [2.24, 2.45) is 0 Å². The predicted molar refractivity (Wildman–Crippen MR) is 93.3 cm³/mol. The number of carbonyl (C=O) groups excluding carboxylic acids is 1. The number of amides is 1. The fourth-order valence-corrected chi connectivity index (χ4v) is 2.24. The van der Waals surface area contributed by atoms with E-state index in [0.717, 1.165) is 0 Å². The number of nitriles is 1. The van der Waals surface area contributed by atoms with Crippen LogP contribution in [0, 0.1) is 11.3 Å². The first-order chi connectivity index (χ1) is 11.4. The van der Waals surface area contributed by atoms with Gasteiger partial charge in [0, 0.05) is 27.4 Å². The fraction of sp³-hybridized carbons (Fsp3) is 0.0588. The van der Waals surface area contributed by atoms with Crippen molar-refractivity contribution in [3.8, 4) is 17.6 Å². The Hall–Kier alpha value is -2.68. The van der Waals surface area contributed by atoms with Crippen LogP contribution in [0.1, 0.15) is 5.56 Å². The quantitative estimate of drug-likeness (QED) is 0.628. The molecule has 0 aliphatic carbocycles. The summed E-state index contributed by atoms with van der Waals surface area (Å²) in [5.41, 5.74) is 0.477. The summed E-state index contributed by atoms with van der Waals surface area (Å²) >= 11 is 11.7. The number of carbonyl (C=O) groups is 1. The smallest absolute Gasteiger partial charge is 0.266 e. The number of ether oxygens (including phenoxy) is 1. The van der Waals surface area contributed by atoms with Crippen molar-refractivity contribution in [3.05, 3.63) is 57.6 Å². The third-order valence-corrected chi connectivity index (χ3v) is 3.53. The molecular weight excluding hydrogens is 351 g/mol. The summed E-state index contributed by atoms with van der Waals surface area (Å²) in [4.78, 5) is 12.2. The summed E-state index contributed by atoms with van der Waals surface area (Å²) in [6.45, 7) is 0. The number of aromatic hydroxyl groups is 1. The van der Waals surface area contributed by atoms with Gasteiger partial charge < -0.3 is 15.2 Å². The van der Waals surface area contributed by atoms with Gasteiger partial charge >= 0.3 is 0 Å². The number of nitrogens with zero attached hydrogens (tertiary/aromatic N) is 1. The summed E-state index contributed by atoms with van der Waals surface area (Å²) in [7, 11) is 1.37. The van der Waals surface area contributed by atoms with Gasteiger partial charge in [-0.25, -0.2) is 0 Å². The molecule has 0 saturated carbocycles. The Morgan fingerprint density at radius 3 is 2.50 bits per heavy atom. The summed E-state index contributed by atoms with van der Waals surface area (Å²) < 4.78 is 4.99. The van der Waals surface area contributed by atoms with Crippen molar-refractivity contribution in [2.45, 2.75) is 0 Å². The zero-order chi connectivity index (χ0) is 17.7. The SMILES string of the molecule is COc1cc(Cl)cc(/C=C(/C#N)C(=O)Nc2ccc(Cl)cc2)c1O. The van der Waals surface area contributed by atoms with Crippen LogP contribution in [0.5, 0.6) is 11.5 Å². The molecule has 1 amide bonds. The number of phenols is 1. The standard InChI is InChI=1S/C17H12Cl2N2O3/c1-24-15-8-13(19)7-10(16(15)22)6-11(9-20)17(23)21-14-4-2-12(18)3-5-14/h2-8,22H,1H3,(H,21,23)/b11-6-. The second-order valence-electron chi connectivity index (χ2n) is 4.68. The van der Waals surface area contributed by atoms with Gasteiger partial charge in [0.15, 0.2) is 11.5 Å². The first kappa shape index (κ1) is 17.7. The number of methoxy groups -OCH3 is 1. The van der Waals surface area contributed by atoms with Gasteiger partial charge in [0.25, 0.3) is 5.91 Å². The molecule has 0 atom stereocenters. The minimum Gasteiger partial charge on any atom is -0.504 e. The number of phenolic OH excluding ortho intramolecular Hbond substituents is 1. The Morgan fingerprint density at radius 1 is 1.25 bits per heavy atom. The third kappa shape index (κ3) is 4.19. The van der Waals surface area contributed by atoms with E-state index in [0.29, 0.717) is 15.7 Å². The van der Waals surface area contributed by atoms with Crippen LogP contribution in [-0.2, 0) is 4.79 Å². The number of rotatable bonds is 4. The highest BCUT2D eigenvalue weighted by atomic mass is 35.5. The van der Waals surface area contributed by atoms with Crippen molar-refractivity contribution in [1.29, 1.82) is 5.26 Å². The highest BCUT2D eigenvalue weighted by Crippen LogP contribution is 2.34. The van der Waals surface area contributed by atoms with Gasteiger partial charge in [0.2, 0.25) is 0 Å². The lowest BCUT2D eigenvalue weighted by molar-refractivity contribution is -0.112. The number of halogens is 2. The molecule has 0 aliphatic rings. The molecule has 2 N–H and O–H groups in total. The van der Waals surface area contributed by atoms with E-state index >= 15 is 0 Å². The summed E-state index contributed by atoms with van der Waals surface area (Å²) in [6.07, 6.45) is 1.23. The minimum absolute atomic E-state index is 0.143. The van der Waals surface area contributed by atoms with Crippen LogP contribution in [0.15, 0.2) is 42.0 Å². The average Bonchev–Trinajstić information content (AvgIpc) is 2.57. The van der Waals surface area contributed by atoms with E-state index in [2.05, 4.69) is 5.32 Å². The molecule has 0 spiro atoms. The number of nitrogens with one attached hydrogen (secondary N) is 1. The van der Waals surface area contributed by atoms with Gasteiger partial charge in [-0.2, -0.15) is 5.26 Å². The first-order valence-electron chi connectivity index (χ1n) is 6.70. The lowest BCUT2D eigenvalue weighted by atomic mass is 10.1. The van der Waals surface area contributed by atoms with Crippen LogP contribution < -0.4 is 10.1 Å². The van der Waals surface area contributed by atoms with Crippen molar-refractivity contribution >= 4 is 40.9 Å². The van der Waals surface area contributed by atoms with Gasteiger partial charge in [-0.15, -0.1) is 0 Å². The van der Waals surface area contributed by atoms with Crippen molar-refractivity contribution in [2.75, 3.05) is 12.4 Å². The normalized spacial score (nSPS) is 10.8. The van der Waals surface area contributed by atoms with E-state index in [-0.39, 0.29) is 22.6 Å². The lowest BCUT2D eigenvalue weighted by Crippen LogP contribution is -2.13. The van der Waals surface area contributed by atoms with Gasteiger partial charge in [0.1, 0.15) is 11.6 Å². The molecule has 2 rings (SSSR count). The average molecular weight is 363 g/mol. The van der Waals surface area contributed by atoms with E-state index in [1.165, 1.54) is 25.3 Å². The van der Waals surface area contributed by atoms with Crippen molar-refractivity contribution in [1.82, 2.24) is 0 Å². The zero-order valence-electron chi connectivity index (χ0n) is 12.5. The largest absolute Gasteiger partial charge is 0.504 e. The lowest BCUT2D eigenvalue weighted by Gasteiger charge is -2.08. The number of benzene rings is 2. The molecule has 0 radical (unpaired) electrons. The van der Waals surface area contributed by atoms with Crippen LogP contribution in [0.2, 0.25) is 10.0 Å². The van der Waals surface area contributed by atoms with E-state index < -0.39 is 5.91 Å². The third-order valence-electron chi connectivity index (χ3n) is 3.06. The highest BCUT2D eigenvalue weighted by Gasteiger charge is 2.14. The van der Waals surface area contributed by atoms with Crippen molar-refractivity contribution < 1.29 is 14.6 Å². The maximum absolute atomic E-state index is 12.2. The summed E-state index contributed by atoms with van der Waals surface area (Å²) in [5.74, 6) is -0.698.